The van der Waals surface area contributed by atoms with Crippen LogP contribution in [0.5, 0.6) is 0 Å². The fourth-order valence-electron chi connectivity index (χ4n) is 3.12. The monoisotopic (exact) mass is 219 g/mol. The van der Waals surface area contributed by atoms with Gasteiger partial charge >= 0.3 is 0 Å². The van der Waals surface area contributed by atoms with Crippen LogP contribution in [0.2, 0.25) is 0 Å². The highest BCUT2D eigenvalue weighted by molar-refractivity contribution is 5.80. The molecule has 0 aromatic carbocycles. The first-order chi connectivity index (χ1) is 7.83. The summed E-state index contributed by atoms with van der Waals surface area (Å²) in [7, 11) is 0. The number of carbonyl (C=O) groups is 1. The van der Waals surface area contributed by atoms with Crippen LogP contribution in [0.4, 0.5) is 0 Å². The molecule has 86 valence electrons. The maximum atomic E-state index is 11.6. The van der Waals surface area contributed by atoms with Gasteiger partial charge in [-0.2, -0.15) is 0 Å². The maximum Gasteiger partial charge on any atom is 0.136 e. The van der Waals surface area contributed by atoms with Gasteiger partial charge in [0.15, 0.2) is 0 Å². The lowest BCUT2D eigenvalue weighted by Gasteiger charge is -2.45. The van der Waals surface area contributed by atoms with Gasteiger partial charge in [-0.25, -0.2) is 0 Å². The predicted molar refractivity (Wildman–Crippen MR) is 59.9 cm³/mol. The largest absolute Gasteiger partial charge is 0.472 e. The van der Waals surface area contributed by atoms with Gasteiger partial charge in [-0.05, 0) is 18.9 Å². The molecule has 2 fully saturated rings. The molecular weight excluding hydrogens is 202 g/mol. The smallest absolute Gasteiger partial charge is 0.136 e. The van der Waals surface area contributed by atoms with Gasteiger partial charge in [0.1, 0.15) is 5.78 Å². The summed E-state index contributed by atoms with van der Waals surface area (Å²) < 4.78 is 5.11. The van der Waals surface area contributed by atoms with Crippen LogP contribution in [0.15, 0.2) is 23.0 Å². The molecule has 2 unspecified atom stereocenters. The predicted octanol–water partition coefficient (Wildman–Crippen LogP) is 2.37. The molecule has 2 saturated heterocycles. The van der Waals surface area contributed by atoms with Crippen LogP contribution in [0.25, 0.3) is 0 Å². The molecule has 0 radical (unpaired) electrons. The van der Waals surface area contributed by atoms with Crippen LogP contribution in [0.1, 0.15) is 37.7 Å². The van der Waals surface area contributed by atoms with Gasteiger partial charge in [0.2, 0.25) is 0 Å². The van der Waals surface area contributed by atoms with Crippen molar-refractivity contribution in [3.63, 3.8) is 0 Å². The number of ketones is 1. The zero-order chi connectivity index (χ0) is 11.0. The summed E-state index contributed by atoms with van der Waals surface area (Å²) in [5, 5.41) is 0. The van der Waals surface area contributed by atoms with E-state index >= 15 is 0 Å². The highest BCUT2D eigenvalue weighted by atomic mass is 16.3. The first-order valence-electron chi connectivity index (χ1n) is 6.11. The van der Waals surface area contributed by atoms with Crippen LogP contribution < -0.4 is 0 Å². The van der Waals surface area contributed by atoms with Gasteiger partial charge in [0, 0.05) is 37.0 Å². The molecule has 3 nitrogen and oxygen atoms in total. The highest BCUT2D eigenvalue weighted by Crippen LogP contribution is 2.33. The molecule has 1 aromatic heterocycles. The summed E-state index contributed by atoms with van der Waals surface area (Å²) in [6.45, 7) is 0.944. The van der Waals surface area contributed by atoms with Crippen molar-refractivity contribution in [2.45, 2.75) is 50.7 Å². The topological polar surface area (TPSA) is 33.5 Å². The Bertz CT molecular complexity index is 355. The zero-order valence-electron chi connectivity index (χ0n) is 9.39. The molecule has 3 heteroatoms. The Kier molecular flexibility index (Phi) is 2.56. The molecule has 2 atom stereocenters. The van der Waals surface area contributed by atoms with E-state index in [9.17, 15) is 4.79 Å². The Balaban J connectivity index is 1.76. The number of hydrogen-bond acceptors (Lipinski definition) is 3. The van der Waals surface area contributed by atoms with Crippen molar-refractivity contribution < 1.29 is 9.21 Å². The summed E-state index contributed by atoms with van der Waals surface area (Å²) >= 11 is 0. The minimum Gasteiger partial charge on any atom is -0.472 e. The molecule has 0 N–H and O–H groups in total. The Morgan fingerprint density at radius 2 is 2.06 bits per heavy atom. The van der Waals surface area contributed by atoms with Crippen molar-refractivity contribution in [1.82, 2.24) is 4.90 Å². The number of fused-ring (bicyclic) bond motifs is 2. The summed E-state index contributed by atoms with van der Waals surface area (Å²) in [6, 6.07) is 2.98. The van der Waals surface area contributed by atoms with E-state index in [-0.39, 0.29) is 0 Å². The zero-order valence-corrected chi connectivity index (χ0v) is 9.39. The lowest BCUT2D eigenvalue weighted by molar-refractivity contribution is -0.127. The molecule has 1 aromatic rings. The van der Waals surface area contributed by atoms with Gasteiger partial charge in [-0.3, -0.25) is 9.69 Å². The molecular formula is C13H17NO2. The Morgan fingerprint density at radius 3 is 2.69 bits per heavy atom. The lowest BCUT2D eigenvalue weighted by atomic mass is 9.83. The average molecular weight is 219 g/mol. The van der Waals surface area contributed by atoms with Crippen molar-refractivity contribution in [3.05, 3.63) is 24.2 Å². The maximum absolute atomic E-state index is 11.6. The second kappa shape index (κ2) is 4.06. The SMILES string of the molecule is O=C1CC2CCCC(C1)N2Cc1ccoc1. The minimum atomic E-state index is 0.457. The summed E-state index contributed by atoms with van der Waals surface area (Å²) in [5.74, 6) is 0.457. The Hall–Kier alpha value is -1.09. The number of hydrogen-bond donors (Lipinski definition) is 0. The van der Waals surface area contributed by atoms with E-state index in [4.69, 9.17) is 4.42 Å². The molecule has 16 heavy (non-hydrogen) atoms. The van der Waals surface area contributed by atoms with Crippen molar-refractivity contribution in [2.24, 2.45) is 0 Å². The molecule has 3 rings (SSSR count). The molecule has 2 bridgehead atoms. The van der Waals surface area contributed by atoms with Crippen molar-refractivity contribution in [2.75, 3.05) is 0 Å². The van der Waals surface area contributed by atoms with E-state index in [1.54, 1.807) is 6.26 Å². The number of rotatable bonds is 2. The van der Waals surface area contributed by atoms with Gasteiger partial charge < -0.3 is 4.42 Å². The van der Waals surface area contributed by atoms with Gasteiger partial charge in [-0.15, -0.1) is 0 Å². The second-order valence-electron chi connectivity index (χ2n) is 4.99. The van der Waals surface area contributed by atoms with Gasteiger partial charge in [0.05, 0.1) is 12.5 Å². The summed E-state index contributed by atoms with van der Waals surface area (Å²) in [6.07, 6.45) is 8.69. The van der Waals surface area contributed by atoms with E-state index in [2.05, 4.69) is 4.90 Å². The Morgan fingerprint density at radius 1 is 1.31 bits per heavy atom. The van der Waals surface area contributed by atoms with Gasteiger partial charge in [-0.1, -0.05) is 6.42 Å². The number of Topliss-reactive ketones (excluding diaryl/α,β-unsaturated/α-hetero) is 1. The third kappa shape index (κ3) is 1.80. The standard InChI is InChI=1S/C13H17NO2/c15-13-6-11-2-1-3-12(7-13)14(11)8-10-4-5-16-9-10/h4-5,9,11-12H,1-3,6-8H2. The van der Waals surface area contributed by atoms with E-state index in [0.717, 1.165) is 19.4 Å². The third-order valence-electron chi connectivity index (χ3n) is 3.88. The van der Waals surface area contributed by atoms with E-state index in [1.807, 2.05) is 12.3 Å². The molecule has 0 spiro atoms. The van der Waals surface area contributed by atoms with Crippen molar-refractivity contribution >= 4 is 5.78 Å². The number of piperidine rings is 2. The average Bonchev–Trinajstić information content (AvgIpc) is 2.72. The molecule has 2 aliphatic rings. The molecule has 0 aliphatic carbocycles. The number of carbonyl (C=O) groups excluding carboxylic acids is 1. The fraction of sp³-hybridized carbons (Fsp3) is 0.615. The molecule has 3 heterocycles. The van der Waals surface area contributed by atoms with Crippen LogP contribution >= 0.6 is 0 Å². The van der Waals surface area contributed by atoms with E-state index in [1.165, 1.54) is 24.8 Å². The summed E-state index contributed by atoms with van der Waals surface area (Å²) in [5.41, 5.74) is 1.23. The first kappa shape index (κ1) is 10.1. The van der Waals surface area contributed by atoms with Crippen LogP contribution in [-0.4, -0.2) is 22.8 Å². The molecule has 2 aliphatic heterocycles. The van der Waals surface area contributed by atoms with E-state index in [0.29, 0.717) is 17.9 Å². The Labute approximate surface area is 95.4 Å². The van der Waals surface area contributed by atoms with Crippen LogP contribution in [0, 0.1) is 0 Å². The highest BCUT2D eigenvalue weighted by Gasteiger charge is 2.37. The van der Waals surface area contributed by atoms with Crippen LogP contribution in [0.3, 0.4) is 0 Å². The first-order valence-corrected chi connectivity index (χ1v) is 6.11. The van der Waals surface area contributed by atoms with Gasteiger partial charge in [0.25, 0.3) is 0 Å². The molecule has 0 saturated carbocycles. The third-order valence-corrected chi connectivity index (χ3v) is 3.88. The minimum absolute atomic E-state index is 0.457. The van der Waals surface area contributed by atoms with Crippen molar-refractivity contribution in [1.29, 1.82) is 0 Å². The van der Waals surface area contributed by atoms with Crippen molar-refractivity contribution in [3.8, 4) is 0 Å². The second-order valence-corrected chi connectivity index (χ2v) is 4.99. The van der Waals surface area contributed by atoms with E-state index < -0.39 is 0 Å². The van der Waals surface area contributed by atoms with Crippen LogP contribution in [-0.2, 0) is 11.3 Å². The quantitative estimate of drug-likeness (QED) is 0.765. The molecule has 0 amide bonds. The normalized spacial score (nSPS) is 30.6. The fourth-order valence-corrected chi connectivity index (χ4v) is 3.12. The lowest BCUT2D eigenvalue weighted by Crippen LogP contribution is -2.51. The number of nitrogens with zero attached hydrogens (tertiary/aromatic N) is 1. The number of furan rings is 1. The summed E-state index contributed by atoms with van der Waals surface area (Å²) in [4.78, 5) is 14.1.